The number of nitrogens with zero attached hydrogens (tertiary/aromatic N) is 4. The molecule has 2 aromatic carbocycles. The van der Waals surface area contributed by atoms with Crippen molar-refractivity contribution in [2.75, 3.05) is 14.1 Å². The molecule has 0 bridgehead atoms. The van der Waals surface area contributed by atoms with Crippen LogP contribution in [0.15, 0.2) is 58.8 Å². The van der Waals surface area contributed by atoms with Crippen LogP contribution >= 0.6 is 11.3 Å². The van der Waals surface area contributed by atoms with Gasteiger partial charge < -0.3 is 9.88 Å². The highest BCUT2D eigenvalue weighted by Gasteiger charge is 2.19. The van der Waals surface area contributed by atoms with Gasteiger partial charge in [-0.05, 0) is 25.1 Å². The van der Waals surface area contributed by atoms with Gasteiger partial charge in [-0.1, -0.05) is 30.3 Å². The molecule has 0 saturated heterocycles. The number of thiazole rings is 1. The summed E-state index contributed by atoms with van der Waals surface area (Å²) in [5, 5.41) is 5.81. The first-order valence-electron chi connectivity index (χ1n) is 11.0. The largest absolute Gasteiger partial charge is 0.350 e. The Morgan fingerprint density at radius 2 is 1.88 bits per heavy atom. The molecule has 0 atom stereocenters. The quantitative estimate of drug-likeness (QED) is 0.380. The Hall–Kier alpha value is -3.08. The molecule has 2 heterocycles. The van der Waals surface area contributed by atoms with E-state index in [1.807, 2.05) is 47.2 Å². The fraction of sp³-hybridized carbons (Fsp3) is 0.292. The lowest BCUT2D eigenvalue weighted by molar-refractivity contribution is -0.121. The number of aromatic nitrogens is 3. The molecule has 0 radical (unpaired) electrons. The molecule has 4 rings (SSSR count). The minimum Gasteiger partial charge on any atom is -0.350 e. The van der Waals surface area contributed by atoms with E-state index >= 15 is 0 Å². The van der Waals surface area contributed by atoms with Crippen LogP contribution in [0.25, 0.3) is 21.6 Å². The highest BCUT2D eigenvalue weighted by atomic mass is 32.2. The third kappa shape index (κ3) is 5.03. The van der Waals surface area contributed by atoms with Crippen molar-refractivity contribution in [3.05, 3.63) is 65.4 Å². The van der Waals surface area contributed by atoms with Crippen LogP contribution in [-0.4, -0.2) is 47.3 Å². The van der Waals surface area contributed by atoms with Crippen LogP contribution in [0, 0.1) is 0 Å². The number of fused-ring (bicyclic) bond motifs is 1. The Morgan fingerprint density at radius 1 is 1.12 bits per heavy atom. The van der Waals surface area contributed by atoms with Gasteiger partial charge in [-0.25, -0.2) is 22.7 Å². The molecule has 0 saturated carbocycles. The molecule has 4 aromatic rings. The lowest BCUT2D eigenvalue weighted by atomic mass is 10.2. The number of hydrogen-bond donors (Lipinski definition) is 1. The Morgan fingerprint density at radius 3 is 2.59 bits per heavy atom. The predicted octanol–water partition coefficient (Wildman–Crippen LogP) is 3.68. The van der Waals surface area contributed by atoms with Crippen molar-refractivity contribution in [1.29, 1.82) is 0 Å². The fourth-order valence-corrected chi connectivity index (χ4v) is 5.43. The van der Waals surface area contributed by atoms with Crippen LogP contribution in [0.1, 0.15) is 24.9 Å². The molecule has 0 spiro atoms. The average Bonchev–Trinajstić information content (AvgIpc) is 3.45. The van der Waals surface area contributed by atoms with Crippen molar-refractivity contribution in [3.8, 4) is 10.6 Å². The summed E-state index contributed by atoms with van der Waals surface area (Å²) < 4.78 is 28.1. The highest BCUT2D eigenvalue weighted by Crippen LogP contribution is 2.24. The molecule has 1 amide bonds. The van der Waals surface area contributed by atoms with Crippen molar-refractivity contribution < 1.29 is 13.2 Å². The standard InChI is InChI=1S/C24H27N5O3S2/c1-4-29-21-11-10-19(34(31,32)28(2)3)14-20(21)27-22(29)12-13-23(30)25-15-18-16-33-24(26-18)17-8-6-5-7-9-17/h5-11,14,16H,4,12-13,15H2,1-3H3,(H,25,30). The molecule has 8 nitrogen and oxygen atoms in total. The Kier molecular flexibility index (Phi) is 7.11. The van der Waals surface area contributed by atoms with Gasteiger partial charge in [-0.3, -0.25) is 4.79 Å². The van der Waals surface area contributed by atoms with E-state index in [1.54, 1.807) is 29.5 Å². The maximum absolute atomic E-state index is 12.5. The number of imidazole rings is 1. The van der Waals surface area contributed by atoms with Crippen molar-refractivity contribution >= 4 is 38.3 Å². The highest BCUT2D eigenvalue weighted by molar-refractivity contribution is 7.89. The summed E-state index contributed by atoms with van der Waals surface area (Å²) in [4.78, 5) is 21.9. The van der Waals surface area contributed by atoms with Gasteiger partial charge >= 0.3 is 0 Å². The number of amides is 1. The molecule has 0 aliphatic rings. The number of carbonyl (C=O) groups excluding carboxylic acids is 1. The summed E-state index contributed by atoms with van der Waals surface area (Å²) in [6.07, 6.45) is 0.734. The molecular weight excluding hydrogens is 470 g/mol. The van der Waals surface area contributed by atoms with Crippen molar-refractivity contribution in [1.82, 2.24) is 24.2 Å². The van der Waals surface area contributed by atoms with Gasteiger partial charge in [-0.2, -0.15) is 0 Å². The maximum Gasteiger partial charge on any atom is 0.242 e. The Bertz CT molecular complexity index is 1410. The minimum atomic E-state index is -3.54. The molecule has 10 heteroatoms. The fourth-order valence-electron chi connectivity index (χ4n) is 3.68. The SMILES string of the molecule is CCn1c(CCC(=O)NCc2csc(-c3ccccc3)n2)nc2cc(S(=O)(=O)N(C)C)ccc21. The zero-order valence-electron chi connectivity index (χ0n) is 19.4. The van der Waals surface area contributed by atoms with Gasteiger partial charge in [0.2, 0.25) is 15.9 Å². The molecule has 2 aromatic heterocycles. The summed E-state index contributed by atoms with van der Waals surface area (Å²) >= 11 is 1.55. The zero-order valence-corrected chi connectivity index (χ0v) is 21.0. The Balaban J connectivity index is 1.41. The molecule has 0 unspecified atom stereocenters. The summed E-state index contributed by atoms with van der Waals surface area (Å²) in [7, 11) is -0.535. The number of sulfonamides is 1. The second kappa shape index (κ2) is 10.0. The van der Waals surface area contributed by atoms with Crippen LogP contribution in [0.3, 0.4) is 0 Å². The molecule has 0 aliphatic heterocycles. The van der Waals surface area contributed by atoms with Gasteiger partial charge in [0, 0.05) is 44.4 Å². The lowest BCUT2D eigenvalue weighted by Gasteiger charge is -2.11. The monoisotopic (exact) mass is 497 g/mol. The molecule has 0 fully saturated rings. The third-order valence-corrected chi connectivity index (χ3v) is 8.26. The molecule has 34 heavy (non-hydrogen) atoms. The summed E-state index contributed by atoms with van der Waals surface area (Å²) in [5.41, 5.74) is 3.35. The minimum absolute atomic E-state index is 0.0835. The third-order valence-electron chi connectivity index (χ3n) is 5.51. The van der Waals surface area contributed by atoms with Crippen LogP contribution in [-0.2, 0) is 34.3 Å². The maximum atomic E-state index is 12.5. The second-order valence-corrected chi connectivity index (χ2v) is 11.0. The number of carbonyl (C=O) groups is 1. The number of hydrogen-bond acceptors (Lipinski definition) is 6. The van der Waals surface area contributed by atoms with Gasteiger partial charge in [0.05, 0.1) is 28.2 Å². The van der Waals surface area contributed by atoms with E-state index in [0.29, 0.717) is 25.0 Å². The lowest BCUT2D eigenvalue weighted by Crippen LogP contribution is -2.23. The predicted molar refractivity (Wildman–Crippen MR) is 134 cm³/mol. The van der Waals surface area contributed by atoms with E-state index in [0.717, 1.165) is 27.6 Å². The first-order chi connectivity index (χ1) is 16.3. The molecule has 178 valence electrons. The summed E-state index contributed by atoms with van der Waals surface area (Å²) in [6.45, 7) is 3.05. The first-order valence-corrected chi connectivity index (χ1v) is 13.3. The van der Waals surface area contributed by atoms with Gasteiger partial charge in [-0.15, -0.1) is 11.3 Å². The normalized spacial score (nSPS) is 11.9. The van der Waals surface area contributed by atoms with E-state index in [-0.39, 0.29) is 17.2 Å². The smallest absolute Gasteiger partial charge is 0.242 e. The van der Waals surface area contributed by atoms with E-state index in [4.69, 9.17) is 0 Å². The Labute approximate surface area is 203 Å². The van der Waals surface area contributed by atoms with E-state index in [1.165, 1.54) is 18.4 Å². The molecule has 1 N–H and O–H groups in total. The van der Waals surface area contributed by atoms with Gasteiger partial charge in [0.15, 0.2) is 0 Å². The van der Waals surface area contributed by atoms with Crippen LogP contribution in [0.4, 0.5) is 0 Å². The van der Waals surface area contributed by atoms with Crippen molar-refractivity contribution in [3.63, 3.8) is 0 Å². The number of aryl methyl sites for hydroxylation is 2. The summed E-state index contributed by atoms with van der Waals surface area (Å²) in [5.74, 6) is 0.673. The van der Waals surface area contributed by atoms with Gasteiger partial charge in [0.1, 0.15) is 10.8 Å². The van der Waals surface area contributed by atoms with Gasteiger partial charge in [0.25, 0.3) is 0 Å². The summed E-state index contributed by atoms with van der Waals surface area (Å²) in [6, 6.07) is 14.9. The molecular formula is C24H27N5O3S2. The van der Waals surface area contributed by atoms with E-state index in [2.05, 4.69) is 15.3 Å². The number of nitrogens with one attached hydrogen (secondary N) is 1. The van der Waals surface area contributed by atoms with Crippen LogP contribution in [0.2, 0.25) is 0 Å². The number of benzene rings is 2. The van der Waals surface area contributed by atoms with E-state index < -0.39 is 10.0 Å². The van der Waals surface area contributed by atoms with Crippen LogP contribution < -0.4 is 5.32 Å². The number of rotatable bonds is 9. The van der Waals surface area contributed by atoms with Crippen molar-refractivity contribution in [2.45, 2.75) is 37.8 Å². The zero-order chi connectivity index (χ0) is 24.3. The van der Waals surface area contributed by atoms with Crippen LogP contribution in [0.5, 0.6) is 0 Å². The molecule has 0 aliphatic carbocycles. The topological polar surface area (TPSA) is 97.2 Å². The average molecular weight is 498 g/mol. The first kappa shape index (κ1) is 24.1. The van der Waals surface area contributed by atoms with E-state index in [9.17, 15) is 13.2 Å². The second-order valence-electron chi connectivity index (χ2n) is 8.00. The van der Waals surface area contributed by atoms with Crippen molar-refractivity contribution in [2.24, 2.45) is 0 Å².